The lowest BCUT2D eigenvalue weighted by atomic mass is 9.74. The molecule has 1 heterocycles. The van der Waals surface area contributed by atoms with Crippen LogP contribution in [0.3, 0.4) is 0 Å². The Kier molecular flexibility index (Phi) is 7.14. The molecule has 2 aromatic carbocycles. The Balaban J connectivity index is 1.49. The van der Waals surface area contributed by atoms with Gasteiger partial charge in [-0.25, -0.2) is 4.79 Å². The average molecular weight is 384 g/mol. The number of nitrogens with one attached hydrogen (secondary N) is 2. The number of methoxy groups -OCH3 is 1. The van der Waals surface area contributed by atoms with E-state index in [4.69, 9.17) is 14.2 Å². The average Bonchev–Trinajstić information content (AvgIpc) is 2.77. The second kappa shape index (κ2) is 9.99. The van der Waals surface area contributed by atoms with Gasteiger partial charge < -0.3 is 24.8 Å². The summed E-state index contributed by atoms with van der Waals surface area (Å²) in [6, 6.07) is 17.5. The van der Waals surface area contributed by atoms with Crippen LogP contribution in [0.25, 0.3) is 0 Å². The first-order valence-corrected chi connectivity index (χ1v) is 9.64. The monoisotopic (exact) mass is 384 g/mol. The molecule has 0 saturated carbocycles. The Morgan fingerprint density at radius 2 is 1.71 bits per heavy atom. The smallest absolute Gasteiger partial charge is 0.314 e. The van der Waals surface area contributed by atoms with Gasteiger partial charge in [-0.05, 0) is 42.7 Å². The lowest BCUT2D eigenvalue weighted by Gasteiger charge is -2.38. The number of benzene rings is 2. The highest BCUT2D eigenvalue weighted by molar-refractivity contribution is 5.74. The summed E-state index contributed by atoms with van der Waals surface area (Å²) in [7, 11) is 1.66. The van der Waals surface area contributed by atoms with Gasteiger partial charge >= 0.3 is 6.03 Å². The van der Waals surface area contributed by atoms with Crippen LogP contribution in [-0.2, 0) is 10.2 Å². The van der Waals surface area contributed by atoms with Gasteiger partial charge in [0.1, 0.15) is 18.1 Å². The summed E-state index contributed by atoms with van der Waals surface area (Å²) in [6.45, 7) is 2.82. The van der Waals surface area contributed by atoms with Gasteiger partial charge in [0.15, 0.2) is 0 Å². The third-order valence-electron chi connectivity index (χ3n) is 5.14. The molecule has 0 aliphatic carbocycles. The number of para-hydroxylation sites is 1. The number of urea groups is 1. The van der Waals surface area contributed by atoms with Crippen LogP contribution in [0, 0.1) is 0 Å². The van der Waals surface area contributed by atoms with E-state index in [0.29, 0.717) is 32.9 Å². The van der Waals surface area contributed by atoms with Crippen LogP contribution in [0.1, 0.15) is 18.4 Å². The number of carbonyl (C=O) groups excluding carboxylic acids is 1. The summed E-state index contributed by atoms with van der Waals surface area (Å²) >= 11 is 0. The molecule has 0 radical (unpaired) electrons. The Labute approximate surface area is 166 Å². The topological polar surface area (TPSA) is 68.8 Å². The summed E-state index contributed by atoms with van der Waals surface area (Å²) in [5.41, 5.74) is 1.08. The molecular weight excluding hydrogens is 356 g/mol. The minimum Gasteiger partial charge on any atom is -0.497 e. The molecule has 0 spiro atoms. The molecule has 1 aliphatic heterocycles. The van der Waals surface area contributed by atoms with Crippen molar-refractivity contribution >= 4 is 6.03 Å². The molecule has 2 aromatic rings. The Hall–Kier alpha value is -2.73. The Bertz CT molecular complexity index is 728. The molecule has 0 atom stereocenters. The van der Waals surface area contributed by atoms with Crippen molar-refractivity contribution in [3.63, 3.8) is 0 Å². The van der Waals surface area contributed by atoms with E-state index in [9.17, 15) is 4.79 Å². The molecule has 2 amide bonds. The highest BCUT2D eigenvalue weighted by Gasteiger charge is 2.34. The van der Waals surface area contributed by atoms with Crippen LogP contribution >= 0.6 is 0 Å². The van der Waals surface area contributed by atoms with Gasteiger partial charge in [-0.2, -0.15) is 0 Å². The summed E-state index contributed by atoms with van der Waals surface area (Å²) < 4.78 is 16.4. The fourth-order valence-corrected chi connectivity index (χ4v) is 3.44. The molecule has 1 fully saturated rings. The zero-order chi connectivity index (χ0) is 19.7. The van der Waals surface area contributed by atoms with E-state index in [2.05, 4.69) is 22.8 Å². The fourth-order valence-electron chi connectivity index (χ4n) is 3.44. The van der Waals surface area contributed by atoms with Crippen LogP contribution in [-0.4, -0.2) is 46.1 Å². The first-order chi connectivity index (χ1) is 13.7. The maximum Gasteiger partial charge on any atom is 0.314 e. The molecule has 3 rings (SSSR count). The molecule has 1 aliphatic rings. The van der Waals surface area contributed by atoms with Gasteiger partial charge in [-0.3, -0.25) is 0 Å². The van der Waals surface area contributed by atoms with Gasteiger partial charge in [0.05, 0.1) is 13.7 Å². The predicted octanol–water partition coefficient (Wildman–Crippen LogP) is 3.12. The van der Waals surface area contributed by atoms with Crippen LogP contribution < -0.4 is 20.1 Å². The van der Waals surface area contributed by atoms with Crippen molar-refractivity contribution in [2.45, 2.75) is 18.3 Å². The van der Waals surface area contributed by atoms with Crippen LogP contribution in [0.15, 0.2) is 54.6 Å². The van der Waals surface area contributed by atoms with Gasteiger partial charge in [-0.15, -0.1) is 0 Å². The van der Waals surface area contributed by atoms with Crippen LogP contribution in [0.4, 0.5) is 4.79 Å². The highest BCUT2D eigenvalue weighted by Crippen LogP contribution is 2.35. The predicted molar refractivity (Wildman–Crippen MR) is 108 cm³/mol. The molecule has 6 heteroatoms. The standard InChI is InChI=1S/C22H28N2O4/c1-26-19-9-7-18(8-10-19)22(11-14-27-15-12-22)17-24-21(25)23-13-16-28-20-5-3-2-4-6-20/h2-10H,11-17H2,1H3,(H2,23,24,25). The second-order valence-electron chi connectivity index (χ2n) is 6.89. The number of ether oxygens (including phenoxy) is 3. The molecule has 0 bridgehead atoms. The quantitative estimate of drug-likeness (QED) is 0.686. The summed E-state index contributed by atoms with van der Waals surface area (Å²) in [5, 5.41) is 5.88. The van der Waals surface area contributed by atoms with Crippen molar-refractivity contribution in [1.82, 2.24) is 10.6 Å². The maximum atomic E-state index is 12.2. The third-order valence-corrected chi connectivity index (χ3v) is 5.14. The Morgan fingerprint density at radius 1 is 1.00 bits per heavy atom. The largest absolute Gasteiger partial charge is 0.497 e. The zero-order valence-electron chi connectivity index (χ0n) is 16.3. The van der Waals surface area contributed by atoms with E-state index in [0.717, 1.165) is 24.3 Å². The van der Waals surface area contributed by atoms with E-state index in [1.54, 1.807) is 7.11 Å². The SMILES string of the molecule is COc1ccc(C2(CNC(=O)NCCOc3ccccc3)CCOCC2)cc1. The number of hydrogen-bond acceptors (Lipinski definition) is 4. The van der Waals surface area contributed by atoms with Gasteiger partial charge in [0, 0.05) is 25.2 Å². The fraction of sp³-hybridized carbons (Fsp3) is 0.409. The molecule has 6 nitrogen and oxygen atoms in total. The summed E-state index contributed by atoms with van der Waals surface area (Å²) in [6.07, 6.45) is 1.74. The summed E-state index contributed by atoms with van der Waals surface area (Å²) in [5.74, 6) is 1.63. The molecule has 150 valence electrons. The van der Waals surface area contributed by atoms with E-state index < -0.39 is 0 Å². The molecule has 0 aromatic heterocycles. The molecule has 0 unspecified atom stereocenters. The number of amides is 2. The number of carbonyl (C=O) groups is 1. The van der Waals surface area contributed by atoms with E-state index in [-0.39, 0.29) is 11.4 Å². The van der Waals surface area contributed by atoms with Crippen molar-refractivity contribution in [3.05, 3.63) is 60.2 Å². The lowest BCUT2D eigenvalue weighted by Crippen LogP contribution is -2.47. The normalized spacial score (nSPS) is 15.5. The minimum atomic E-state index is -0.184. The van der Waals surface area contributed by atoms with Gasteiger partial charge in [-0.1, -0.05) is 30.3 Å². The first-order valence-electron chi connectivity index (χ1n) is 9.64. The second-order valence-corrected chi connectivity index (χ2v) is 6.89. The van der Waals surface area contributed by atoms with E-state index in [1.807, 2.05) is 42.5 Å². The third kappa shape index (κ3) is 5.39. The lowest BCUT2D eigenvalue weighted by molar-refractivity contribution is 0.0506. The van der Waals surface area contributed by atoms with Gasteiger partial charge in [0.25, 0.3) is 0 Å². The van der Waals surface area contributed by atoms with Crippen LogP contribution in [0.2, 0.25) is 0 Å². The number of hydrogen-bond donors (Lipinski definition) is 2. The zero-order valence-corrected chi connectivity index (χ0v) is 16.3. The maximum absolute atomic E-state index is 12.2. The molecular formula is C22H28N2O4. The van der Waals surface area contributed by atoms with E-state index >= 15 is 0 Å². The summed E-state index contributed by atoms with van der Waals surface area (Å²) in [4.78, 5) is 12.2. The molecule has 1 saturated heterocycles. The van der Waals surface area contributed by atoms with Gasteiger partial charge in [0.2, 0.25) is 0 Å². The van der Waals surface area contributed by atoms with Crippen molar-refractivity contribution in [2.24, 2.45) is 0 Å². The Morgan fingerprint density at radius 3 is 2.39 bits per heavy atom. The van der Waals surface area contributed by atoms with Crippen molar-refractivity contribution < 1.29 is 19.0 Å². The van der Waals surface area contributed by atoms with Crippen molar-refractivity contribution in [2.75, 3.05) is 40.0 Å². The first kappa shape index (κ1) is 20.0. The molecule has 28 heavy (non-hydrogen) atoms. The highest BCUT2D eigenvalue weighted by atomic mass is 16.5. The van der Waals surface area contributed by atoms with E-state index in [1.165, 1.54) is 5.56 Å². The van der Waals surface area contributed by atoms with Crippen molar-refractivity contribution in [1.29, 1.82) is 0 Å². The number of rotatable bonds is 8. The van der Waals surface area contributed by atoms with Crippen LogP contribution in [0.5, 0.6) is 11.5 Å². The molecule has 2 N–H and O–H groups in total. The van der Waals surface area contributed by atoms with Crippen molar-refractivity contribution in [3.8, 4) is 11.5 Å². The minimum absolute atomic E-state index is 0.123.